The van der Waals surface area contributed by atoms with Crippen molar-refractivity contribution in [3.63, 3.8) is 0 Å². The lowest BCUT2D eigenvalue weighted by Gasteiger charge is -2.28. The molecule has 1 aliphatic rings. The number of fused-ring (bicyclic) bond motifs is 1. The molecule has 132 valence electrons. The van der Waals surface area contributed by atoms with Crippen molar-refractivity contribution in [1.29, 1.82) is 0 Å². The Kier molecular flexibility index (Phi) is 4.34. The summed E-state index contributed by atoms with van der Waals surface area (Å²) in [6.45, 7) is 6.70. The van der Waals surface area contributed by atoms with Crippen LogP contribution in [0.25, 0.3) is 11.4 Å². The molecule has 2 aromatic heterocycles. The maximum Gasteiger partial charge on any atom is 0.254 e. The van der Waals surface area contributed by atoms with E-state index in [-0.39, 0.29) is 5.56 Å². The third-order valence-corrected chi connectivity index (χ3v) is 5.10. The predicted octanol–water partition coefficient (Wildman–Crippen LogP) is 2.40. The SMILES string of the molecule is Cc1cccc(CN2CCc3c(nc(-c4cncnc4)[nH]c3=O)C2)c1C. The summed E-state index contributed by atoms with van der Waals surface area (Å²) in [5.74, 6) is 0.530. The second-order valence-electron chi connectivity index (χ2n) is 6.79. The van der Waals surface area contributed by atoms with E-state index < -0.39 is 0 Å². The summed E-state index contributed by atoms with van der Waals surface area (Å²) in [7, 11) is 0. The predicted molar refractivity (Wildman–Crippen MR) is 99.6 cm³/mol. The average molecular weight is 347 g/mol. The molecule has 4 rings (SSSR count). The minimum absolute atomic E-state index is 0.0553. The van der Waals surface area contributed by atoms with Gasteiger partial charge in [0, 0.05) is 37.6 Å². The van der Waals surface area contributed by atoms with Crippen LogP contribution in [0.1, 0.15) is 27.9 Å². The van der Waals surface area contributed by atoms with Crippen molar-refractivity contribution in [3.8, 4) is 11.4 Å². The number of aromatic amines is 1. The quantitative estimate of drug-likeness (QED) is 0.787. The molecule has 0 saturated heterocycles. The molecule has 0 unspecified atom stereocenters. The molecule has 0 amide bonds. The van der Waals surface area contributed by atoms with Gasteiger partial charge in [0.15, 0.2) is 0 Å². The minimum Gasteiger partial charge on any atom is -0.306 e. The first kappa shape index (κ1) is 16.6. The Hall–Kier alpha value is -2.86. The smallest absolute Gasteiger partial charge is 0.254 e. The van der Waals surface area contributed by atoms with Crippen LogP contribution in [0.2, 0.25) is 0 Å². The molecule has 1 N–H and O–H groups in total. The Morgan fingerprint density at radius 2 is 2.00 bits per heavy atom. The molecule has 0 spiro atoms. The molecule has 0 radical (unpaired) electrons. The Morgan fingerprint density at radius 3 is 2.81 bits per heavy atom. The van der Waals surface area contributed by atoms with Gasteiger partial charge in [-0.3, -0.25) is 9.69 Å². The van der Waals surface area contributed by atoms with Gasteiger partial charge in [0.2, 0.25) is 0 Å². The van der Waals surface area contributed by atoms with Crippen LogP contribution in [0, 0.1) is 13.8 Å². The van der Waals surface area contributed by atoms with Crippen LogP contribution in [-0.2, 0) is 19.5 Å². The zero-order valence-electron chi connectivity index (χ0n) is 15.0. The molecular weight excluding hydrogens is 326 g/mol. The molecule has 0 bridgehead atoms. The third-order valence-electron chi connectivity index (χ3n) is 5.10. The lowest BCUT2D eigenvalue weighted by molar-refractivity contribution is 0.240. The van der Waals surface area contributed by atoms with E-state index in [1.165, 1.54) is 23.0 Å². The lowest BCUT2D eigenvalue weighted by atomic mass is 10.0. The van der Waals surface area contributed by atoms with Crippen molar-refractivity contribution in [2.45, 2.75) is 33.4 Å². The molecular formula is C20H21N5O. The summed E-state index contributed by atoms with van der Waals surface area (Å²) in [4.78, 5) is 30.4. The van der Waals surface area contributed by atoms with Gasteiger partial charge in [-0.05, 0) is 37.0 Å². The number of hydrogen-bond acceptors (Lipinski definition) is 5. The van der Waals surface area contributed by atoms with E-state index in [9.17, 15) is 4.79 Å². The number of rotatable bonds is 3. The molecule has 1 aromatic carbocycles. The number of nitrogens with one attached hydrogen (secondary N) is 1. The Bertz CT molecular complexity index is 997. The highest BCUT2D eigenvalue weighted by Gasteiger charge is 2.22. The summed E-state index contributed by atoms with van der Waals surface area (Å²) in [6.07, 6.45) is 5.50. The van der Waals surface area contributed by atoms with Gasteiger partial charge in [-0.15, -0.1) is 0 Å². The van der Waals surface area contributed by atoms with Crippen molar-refractivity contribution >= 4 is 0 Å². The second kappa shape index (κ2) is 6.80. The summed E-state index contributed by atoms with van der Waals surface area (Å²) in [5.41, 5.74) is 6.28. The van der Waals surface area contributed by atoms with Gasteiger partial charge in [0.25, 0.3) is 5.56 Å². The molecule has 0 atom stereocenters. The zero-order valence-corrected chi connectivity index (χ0v) is 15.0. The van der Waals surface area contributed by atoms with Crippen molar-refractivity contribution < 1.29 is 0 Å². The standard InChI is InChI=1S/C20H21N5O/c1-13-4-3-5-15(14(13)2)10-25-7-6-17-18(11-25)23-19(24-20(17)26)16-8-21-12-22-9-16/h3-5,8-9,12H,6-7,10-11H2,1-2H3,(H,23,24,26). The first-order valence-corrected chi connectivity index (χ1v) is 8.76. The van der Waals surface area contributed by atoms with E-state index in [2.05, 4.69) is 51.9 Å². The zero-order chi connectivity index (χ0) is 18.1. The van der Waals surface area contributed by atoms with E-state index in [0.717, 1.165) is 29.9 Å². The van der Waals surface area contributed by atoms with Crippen molar-refractivity contribution in [2.75, 3.05) is 6.54 Å². The Balaban J connectivity index is 1.63. The van der Waals surface area contributed by atoms with Crippen LogP contribution in [0.3, 0.4) is 0 Å². The lowest BCUT2D eigenvalue weighted by Crippen LogP contribution is -2.35. The number of benzene rings is 1. The van der Waals surface area contributed by atoms with E-state index in [1.54, 1.807) is 12.4 Å². The molecule has 0 saturated carbocycles. The van der Waals surface area contributed by atoms with E-state index in [0.29, 0.717) is 18.8 Å². The Morgan fingerprint density at radius 1 is 1.19 bits per heavy atom. The fraction of sp³-hybridized carbons (Fsp3) is 0.300. The monoisotopic (exact) mass is 347 g/mol. The average Bonchev–Trinajstić information content (AvgIpc) is 2.66. The maximum atomic E-state index is 12.5. The van der Waals surface area contributed by atoms with Gasteiger partial charge in [-0.25, -0.2) is 15.0 Å². The van der Waals surface area contributed by atoms with Gasteiger partial charge >= 0.3 is 0 Å². The first-order valence-electron chi connectivity index (χ1n) is 8.76. The summed E-state index contributed by atoms with van der Waals surface area (Å²) >= 11 is 0. The molecule has 0 fully saturated rings. The van der Waals surface area contributed by atoms with Gasteiger partial charge in [-0.2, -0.15) is 0 Å². The number of aromatic nitrogens is 4. The molecule has 3 heterocycles. The van der Waals surface area contributed by atoms with Gasteiger partial charge in [-0.1, -0.05) is 18.2 Å². The number of H-pyrrole nitrogens is 1. The van der Waals surface area contributed by atoms with E-state index in [1.807, 2.05) is 0 Å². The summed E-state index contributed by atoms with van der Waals surface area (Å²) in [5, 5.41) is 0. The first-order chi connectivity index (χ1) is 12.6. The van der Waals surface area contributed by atoms with E-state index >= 15 is 0 Å². The topological polar surface area (TPSA) is 74.8 Å². The molecule has 6 nitrogen and oxygen atoms in total. The molecule has 1 aliphatic heterocycles. The molecule has 3 aromatic rings. The highest BCUT2D eigenvalue weighted by molar-refractivity contribution is 5.52. The Labute approximate surface area is 152 Å². The van der Waals surface area contributed by atoms with Gasteiger partial charge in [0.1, 0.15) is 12.2 Å². The van der Waals surface area contributed by atoms with Crippen LogP contribution in [0.15, 0.2) is 41.7 Å². The van der Waals surface area contributed by atoms with Crippen LogP contribution in [-0.4, -0.2) is 31.4 Å². The number of hydrogen-bond donors (Lipinski definition) is 1. The third kappa shape index (κ3) is 3.15. The fourth-order valence-corrected chi connectivity index (χ4v) is 3.41. The highest BCUT2D eigenvalue weighted by atomic mass is 16.1. The van der Waals surface area contributed by atoms with Crippen LogP contribution in [0.4, 0.5) is 0 Å². The molecule has 26 heavy (non-hydrogen) atoms. The molecule has 0 aliphatic carbocycles. The summed E-state index contributed by atoms with van der Waals surface area (Å²) < 4.78 is 0. The highest BCUT2D eigenvalue weighted by Crippen LogP contribution is 2.21. The largest absolute Gasteiger partial charge is 0.306 e. The van der Waals surface area contributed by atoms with Crippen LogP contribution < -0.4 is 5.56 Å². The molecule has 6 heteroatoms. The number of nitrogens with zero attached hydrogens (tertiary/aromatic N) is 4. The normalized spacial score (nSPS) is 14.2. The van der Waals surface area contributed by atoms with E-state index in [4.69, 9.17) is 4.98 Å². The van der Waals surface area contributed by atoms with Gasteiger partial charge in [0.05, 0.1) is 11.3 Å². The van der Waals surface area contributed by atoms with Crippen molar-refractivity contribution in [2.24, 2.45) is 0 Å². The number of aryl methyl sites for hydroxylation is 1. The van der Waals surface area contributed by atoms with Crippen molar-refractivity contribution in [3.05, 3.63) is 75.2 Å². The minimum atomic E-state index is -0.0553. The van der Waals surface area contributed by atoms with Crippen LogP contribution >= 0.6 is 0 Å². The second-order valence-corrected chi connectivity index (χ2v) is 6.79. The van der Waals surface area contributed by atoms with Gasteiger partial charge < -0.3 is 4.98 Å². The maximum absolute atomic E-state index is 12.5. The summed E-state index contributed by atoms with van der Waals surface area (Å²) in [6, 6.07) is 6.42. The fourth-order valence-electron chi connectivity index (χ4n) is 3.41. The van der Waals surface area contributed by atoms with Crippen molar-refractivity contribution in [1.82, 2.24) is 24.8 Å². The van der Waals surface area contributed by atoms with Crippen LogP contribution in [0.5, 0.6) is 0 Å².